The van der Waals surface area contributed by atoms with Gasteiger partial charge in [-0.05, 0) is 39.7 Å². The maximum absolute atomic E-state index is 13.2. The van der Waals surface area contributed by atoms with Crippen LogP contribution in [0.5, 0.6) is 0 Å². The molecule has 0 saturated carbocycles. The zero-order valence-electron chi connectivity index (χ0n) is 17.2. The Kier molecular flexibility index (Phi) is 6.38. The molecule has 8 heteroatoms. The van der Waals surface area contributed by atoms with Crippen molar-refractivity contribution in [1.29, 1.82) is 0 Å². The molecule has 0 unspecified atom stereocenters. The Morgan fingerprint density at radius 2 is 1.71 bits per heavy atom. The molecule has 8 nitrogen and oxygen atoms in total. The van der Waals surface area contributed by atoms with E-state index in [0.717, 1.165) is 37.3 Å². The van der Waals surface area contributed by atoms with Crippen LogP contribution in [0.4, 0.5) is 11.8 Å². The number of aromatic nitrogens is 4. The van der Waals surface area contributed by atoms with Crippen LogP contribution in [-0.4, -0.2) is 70.5 Å². The van der Waals surface area contributed by atoms with E-state index in [4.69, 9.17) is 0 Å². The minimum Gasteiger partial charge on any atom is -0.355 e. The van der Waals surface area contributed by atoms with Crippen LogP contribution in [0.2, 0.25) is 0 Å². The van der Waals surface area contributed by atoms with E-state index in [1.165, 1.54) is 0 Å². The predicted octanol–water partition coefficient (Wildman–Crippen LogP) is 2.08. The number of hydrogen-bond acceptors (Lipinski definition) is 7. The molecule has 1 amide bonds. The summed E-state index contributed by atoms with van der Waals surface area (Å²) < 4.78 is 0. The van der Waals surface area contributed by atoms with Gasteiger partial charge in [0, 0.05) is 63.6 Å². The van der Waals surface area contributed by atoms with E-state index in [2.05, 4.69) is 24.8 Å². The van der Waals surface area contributed by atoms with Crippen molar-refractivity contribution in [3.63, 3.8) is 0 Å². The molecule has 2 aromatic rings. The van der Waals surface area contributed by atoms with E-state index in [9.17, 15) is 4.79 Å². The van der Waals surface area contributed by atoms with E-state index in [1.807, 2.05) is 43.7 Å². The van der Waals surface area contributed by atoms with Crippen molar-refractivity contribution in [1.82, 2.24) is 24.8 Å². The predicted molar refractivity (Wildman–Crippen MR) is 110 cm³/mol. The molecule has 3 rings (SSSR count). The van der Waals surface area contributed by atoms with Crippen molar-refractivity contribution < 1.29 is 4.79 Å². The van der Waals surface area contributed by atoms with E-state index in [1.54, 1.807) is 12.4 Å². The first kappa shape index (κ1) is 20.0. The number of hydrogen-bond donors (Lipinski definition) is 0. The largest absolute Gasteiger partial charge is 0.355 e. The van der Waals surface area contributed by atoms with Crippen molar-refractivity contribution >= 4 is 17.7 Å². The van der Waals surface area contributed by atoms with Gasteiger partial charge >= 0.3 is 0 Å². The third kappa shape index (κ3) is 4.55. The standard InChI is InChI=1S/C20H29N7O/c1-5-26(13-12-25(4)20-23-15(2)14-16(3)24-20)19(28)17-18(22-9-8-21-17)27-10-6-7-11-27/h8-9,14H,5-7,10-13H2,1-4H3. The molecule has 1 fully saturated rings. The monoisotopic (exact) mass is 383 g/mol. The molecule has 1 aliphatic rings. The Morgan fingerprint density at radius 1 is 1.07 bits per heavy atom. The highest BCUT2D eigenvalue weighted by Crippen LogP contribution is 2.21. The van der Waals surface area contributed by atoms with E-state index >= 15 is 0 Å². The number of anilines is 2. The van der Waals surface area contributed by atoms with Gasteiger partial charge in [-0.15, -0.1) is 0 Å². The van der Waals surface area contributed by atoms with Crippen LogP contribution in [0.15, 0.2) is 18.5 Å². The van der Waals surface area contributed by atoms with E-state index in [0.29, 0.717) is 37.1 Å². The number of likely N-dealkylation sites (N-methyl/N-ethyl adjacent to an activating group) is 2. The maximum Gasteiger partial charge on any atom is 0.276 e. The van der Waals surface area contributed by atoms with Gasteiger partial charge in [0.25, 0.3) is 5.91 Å². The lowest BCUT2D eigenvalue weighted by atomic mass is 10.3. The van der Waals surface area contributed by atoms with Crippen LogP contribution in [0.3, 0.4) is 0 Å². The minimum atomic E-state index is -0.0766. The molecule has 0 spiro atoms. The summed E-state index contributed by atoms with van der Waals surface area (Å²) in [6.45, 7) is 9.58. The van der Waals surface area contributed by atoms with Gasteiger partial charge in [-0.3, -0.25) is 4.79 Å². The van der Waals surface area contributed by atoms with Gasteiger partial charge in [0.2, 0.25) is 5.95 Å². The van der Waals surface area contributed by atoms with Crippen LogP contribution in [0, 0.1) is 13.8 Å². The Bertz CT molecular complexity index is 800. The third-order valence-electron chi connectivity index (χ3n) is 4.97. The molecule has 0 aromatic carbocycles. The summed E-state index contributed by atoms with van der Waals surface area (Å²) in [5.41, 5.74) is 2.32. The minimum absolute atomic E-state index is 0.0766. The third-order valence-corrected chi connectivity index (χ3v) is 4.97. The van der Waals surface area contributed by atoms with Gasteiger partial charge in [-0.1, -0.05) is 0 Å². The normalized spacial score (nSPS) is 13.6. The molecule has 28 heavy (non-hydrogen) atoms. The lowest BCUT2D eigenvalue weighted by molar-refractivity contribution is 0.0763. The molecule has 0 atom stereocenters. The average Bonchev–Trinajstić information content (AvgIpc) is 3.22. The first-order valence-electron chi connectivity index (χ1n) is 9.88. The highest BCUT2D eigenvalue weighted by molar-refractivity contribution is 5.97. The van der Waals surface area contributed by atoms with Gasteiger partial charge in [-0.25, -0.2) is 19.9 Å². The number of rotatable bonds is 7. The van der Waals surface area contributed by atoms with Crippen LogP contribution < -0.4 is 9.80 Å². The molecule has 1 saturated heterocycles. The van der Waals surface area contributed by atoms with Gasteiger partial charge in [-0.2, -0.15) is 0 Å². The molecular formula is C20H29N7O. The highest BCUT2D eigenvalue weighted by atomic mass is 16.2. The van der Waals surface area contributed by atoms with Crippen LogP contribution >= 0.6 is 0 Å². The number of carbonyl (C=O) groups excluding carboxylic acids is 1. The first-order chi connectivity index (χ1) is 13.5. The summed E-state index contributed by atoms with van der Waals surface area (Å²) in [5.74, 6) is 1.31. The zero-order valence-corrected chi connectivity index (χ0v) is 17.2. The fourth-order valence-corrected chi connectivity index (χ4v) is 3.44. The van der Waals surface area contributed by atoms with Gasteiger partial charge in [0.15, 0.2) is 11.5 Å². The number of aryl methyl sites for hydroxylation is 2. The summed E-state index contributed by atoms with van der Waals surface area (Å²) in [6.07, 6.45) is 5.51. The fraction of sp³-hybridized carbons (Fsp3) is 0.550. The summed E-state index contributed by atoms with van der Waals surface area (Å²) in [7, 11) is 1.95. The number of nitrogens with zero attached hydrogens (tertiary/aromatic N) is 7. The van der Waals surface area contributed by atoms with Crippen molar-refractivity contribution in [2.75, 3.05) is 49.6 Å². The molecule has 3 heterocycles. The van der Waals surface area contributed by atoms with Crippen LogP contribution in [0.25, 0.3) is 0 Å². The van der Waals surface area contributed by atoms with Gasteiger partial charge in [0.05, 0.1) is 0 Å². The quantitative estimate of drug-likeness (QED) is 0.724. The smallest absolute Gasteiger partial charge is 0.276 e. The Hall–Kier alpha value is -2.77. The Balaban J connectivity index is 1.70. The first-order valence-corrected chi connectivity index (χ1v) is 9.88. The topological polar surface area (TPSA) is 78.4 Å². The average molecular weight is 384 g/mol. The van der Waals surface area contributed by atoms with Crippen molar-refractivity contribution in [3.05, 3.63) is 35.5 Å². The molecule has 2 aromatic heterocycles. The summed E-state index contributed by atoms with van der Waals surface area (Å²) in [4.78, 5) is 36.9. The number of carbonyl (C=O) groups is 1. The lowest BCUT2D eigenvalue weighted by Crippen LogP contribution is -2.39. The van der Waals surface area contributed by atoms with E-state index in [-0.39, 0.29) is 5.91 Å². The molecule has 0 radical (unpaired) electrons. The zero-order chi connectivity index (χ0) is 20.1. The van der Waals surface area contributed by atoms with Gasteiger partial charge in [0.1, 0.15) is 0 Å². The van der Waals surface area contributed by atoms with Crippen molar-refractivity contribution in [3.8, 4) is 0 Å². The Morgan fingerprint density at radius 3 is 2.36 bits per heavy atom. The molecule has 1 aliphatic heterocycles. The van der Waals surface area contributed by atoms with Crippen LogP contribution in [-0.2, 0) is 0 Å². The second-order valence-electron chi connectivity index (χ2n) is 7.18. The molecule has 0 bridgehead atoms. The van der Waals surface area contributed by atoms with Gasteiger partial charge < -0.3 is 14.7 Å². The Labute approximate surface area is 166 Å². The summed E-state index contributed by atoms with van der Waals surface area (Å²) >= 11 is 0. The fourth-order valence-electron chi connectivity index (χ4n) is 3.44. The second kappa shape index (κ2) is 8.95. The molecular weight excluding hydrogens is 354 g/mol. The lowest BCUT2D eigenvalue weighted by Gasteiger charge is -2.26. The molecule has 0 N–H and O–H groups in total. The highest BCUT2D eigenvalue weighted by Gasteiger charge is 2.25. The second-order valence-corrected chi connectivity index (χ2v) is 7.18. The molecule has 0 aliphatic carbocycles. The maximum atomic E-state index is 13.2. The summed E-state index contributed by atoms with van der Waals surface area (Å²) in [6, 6.07) is 1.95. The SMILES string of the molecule is CCN(CCN(C)c1nc(C)cc(C)n1)C(=O)c1nccnc1N1CCCC1. The van der Waals surface area contributed by atoms with Crippen molar-refractivity contribution in [2.24, 2.45) is 0 Å². The van der Waals surface area contributed by atoms with E-state index < -0.39 is 0 Å². The molecule has 150 valence electrons. The van der Waals surface area contributed by atoms with Crippen molar-refractivity contribution in [2.45, 2.75) is 33.6 Å². The van der Waals surface area contributed by atoms with Crippen LogP contribution in [0.1, 0.15) is 41.6 Å². The number of amides is 1. The summed E-state index contributed by atoms with van der Waals surface area (Å²) in [5, 5.41) is 0.